The number of halogens is 3. The van der Waals surface area contributed by atoms with Crippen molar-refractivity contribution < 1.29 is 18.3 Å². The molecule has 3 rings (SSSR count). The molecule has 0 unspecified atom stereocenters. The number of aromatic nitrogens is 2. The second-order valence-corrected chi connectivity index (χ2v) is 5.60. The maximum atomic E-state index is 12.6. The second kappa shape index (κ2) is 6.92. The fourth-order valence-electron chi connectivity index (χ4n) is 2.44. The highest BCUT2D eigenvalue weighted by molar-refractivity contribution is 5.93. The molecule has 0 amide bonds. The van der Waals surface area contributed by atoms with E-state index in [1.807, 2.05) is 0 Å². The van der Waals surface area contributed by atoms with Crippen LogP contribution in [-0.4, -0.2) is 15.7 Å². The number of aryl methyl sites for hydroxylation is 1. The van der Waals surface area contributed by atoms with Gasteiger partial charge in [0.1, 0.15) is 0 Å². The van der Waals surface area contributed by atoms with E-state index in [-0.39, 0.29) is 17.1 Å². The summed E-state index contributed by atoms with van der Waals surface area (Å²) >= 11 is 0. The Balaban J connectivity index is 2.07. The van der Waals surface area contributed by atoms with Crippen LogP contribution in [0.5, 0.6) is 0 Å². The average Bonchev–Trinajstić information content (AvgIpc) is 2.97. The molecule has 27 heavy (non-hydrogen) atoms. The van der Waals surface area contributed by atoms with Crippen LogP contribution in [0.4, 0.5) is 24.7 Å². The second-order valence-electron chi connectivity index (χ2n) is 5.60. The van der Waals surface area contributed by atoms with E-state index < -0.39 is 17.6 Å². The van der Waals surface area contributed by atoms with Gasteiger partial charge in [-0.1, -0.05) is 30.3 Å². The normalized spacial score (nSPS) is 12.0. The van der Waals surface area contributed by atoms with Crippen molar-refractivity contribution in [3.8, 4) is 5.69 Å². The molecular weight excluding hydrogens is 359 g/mol. The lowest BCUT2D eigenvalue weighted by atomic mass is 10.1. The van der Waals surface area contributed by atoms with Crippen LogP contribution in [0.25, 0.3) is 10.7 Å². The Bertz CT molecular complexity index is 1030. The minimum Gasteiger partial charge on any atom is -0.858 e. The fourth-order valence-corrected chi connectivity index (χ4v) is 2.44. The van der Waals surface area contributed by atoms with Crippen LogP contribution >= 0.6 is 0 Å². The van der Waals surface area contributed by atoms with Crippen molar-refractivity contribution in [2.45, 2.75) is 13.1 Å². The molecule has 0 aliphatic carbocycles. The molecule has 6 nitrogen and oxygen atoms in total. The zero-order chi connectivity index (χ0) is 19.6. The van der Waals surface area contributed by atoms with Crippen molar-refractivity contribution in [3.05, 3.63) is 76.4 Å². The van der Waals surface area contributed by atoms with E-state index in [4.69, 9.17) is 0 Å². The third-order valence-corrected chi connectivity index (χ3v) is 3.77. The van der Waals surface area contributed by atoms with Gasteiger partial charge in [0, 0.05) is 0 Å². The lowest BCUT2D eigenvalue weighted by Gasteiger charge is -2.12. The van der Waals surface area contributed by atoms with E-state index in [1.165, 1.54) is 4.68 Å². The summed E-state index contributed by atoms with van der Waals surface area (Å²) in [5.74, 6) is -0.809. The molecule has 0 saturated carbocycles. The lowest BCUT2D eigenvalue weighted by Crippen LogP contribution is -2.19. The van der Waals surface area contributed by atoms with Crippen LogP contribution in [0, 0.1) is 12.3 Å². The lowest BCUT2D eigenvalue weighted by molar-refractivity contribution is -0.212. The van der Waals surface area contributed by atoms with E-state index in [1.54, 1.807) is 37.3 Å². The number of para-hydroxylation sites is 1. The molecule has 9 heteroatoms. The van der Waals surface area contributed by atoms with Gasteiger partial charge in [0.25, 0.3) is 5.82 Å². The van der Waals surface area contributed by atoms with Gasteiger partial charge in [0.05, 0.1) is 11.3 Å². The van der Waals surface area contributed by atoms with Gasteiger partial charge in [0.2, 0.25) is 5.39 Å². The van der Waals surface area contributed by atoms with Crippen LogP contribution in [0.1, 0.15) is 16.8 Å². The Hall–Kier alpha value is -3.67. The zero-order valence-corrected chi connectivity index (χ0v) is 14.0. The Morgan fingerprint density at radius 1 is 1.11 bits per heavy atom. The molecule has 1 heterocycles. The summed E-state index contributed by atoms with van der Waals surface area (Å²) in [6, 6.07) is 12.4. The first-order chi connectivity index (χ1) is 12.8. The Morgan fingerprint density at radius 3 is 2.30 bits per heavy atom. The minimum absolute atomic E-state index is 0.000820. The van der Waals surface area contributed by atoms with Crippen molar-refractivity contribution in [1.29, 1.82) is 5.39 Å². The van der Waals surface area contributed by atoms with Crippen molar-refractivity contribution in [3.63, 3.8) is 0 Å². The predicted octanol–water partition coefficient (Wildman–Crippen LogP) is 4.12. The number of hydrogen-bond acceptors (Lipinski definition) is 4. The monoisotopic (exact) mass is 371 g/mol. The van der Waals surface area contributed by atoms with Gasteiger partial charge < -0.3 is 5.11 Å². The largest absolute Gasteiger partial charge is 0.858 e. The number of diazo groups is 1. The molecule has 0 aliphatic heterocycles. The third kappa shape index (κ3) is 3.64. The van der Waals surface area contributed by atoms with E-state index in [0.29, 0.717) is 11.4 Å². The van der Waals surface area contributed by atoms with Gasteiger partial charge in [-0.2, -0.15) is 18.3 Å². The number of alkyl halides is 3. The van der Waals surface area contributed by atoms with Gasteiger partial charge in [-0.15, -0.1) is 0 Å². The molecule has 2 aromatic carbocycles. The van der Waals surface area contributed by atoms with Crippen LogP contribution in [0.2, 0.25) is 0 Å². The van der Waals surface area contributed by atoms with Crippen LogP contribution in [0.3, 0.4) is 0 Å². The zero-order valence-electron chi connectivity index (χ0n) is 14.0. The summed E-state index contributed by atoms with van der Waals surface area (Å²) in [5.41, 5.74) is 0.00882. The molecule has 0 atom stereocenters. The molecule has 3 aromatic rings. The molecule has 0 spiro atoms. The quantitative estimate of drug-likeness (QED) is 0.394. The molecule has 0 N–H and O–H groups in total. The van der Waals surface area contributed by atoms with E-state index in [2.05, 4.69) is 15.1 Å². The Morgan fingerprint density at radius 2 is 1.74 bits per heavy atom. The van der Waals surface area contributed by atoms with E-state index in [9.17, 15) is 23.7 Å². The summed E-state index contributed by atoms with van der Waals surface area (Å²) in [5, 5.41) is 25.9. The standard InChI is InChI=1S/C18H12F3N5O/c1-11-15(24-22)16(26(25-11)14-5-3-2-4-6-14)23-17(27)12-7-9-13(10-8-12)18(19,20)21/h2-10H,1H3. The number of aliphatic imine (C=N–C) groups is 1. The predicted molar refractivity (Wildman–Crippen MR) is 90.7 cm³/mol. The van der Waals surface area contributed by atoms with Crippen LogP contribution in [-0.2, 0) is 6.18 Å². The summed E-state index contributed by atoms with van der Waals surface area (Å²) in [6.45, 7) is 1.58. The summed E-state index contributed by atoms with van der Waals surface area (Å²) in [4.78, 5) is 7.05. The van der Waals surface area contributed by atoms with Crippen LogP contribution in [0.15, 0.2) is 59.6 Å². The van der Waals surface area contributed by atoms with Crippen molar-refractivity contribution in [2.75, 3.05) is 0 Å². The number of hydrogen-bond donors (Lipinski definition) is 0. The summed E-state index contributed by atoms with van der Waals surface area (Å²) < 4.78 is 39.3. The molecule has 1 aromatic heterocycles. The molecular formula is C18H12F3N5O. The summed E-state index contributed by atoms with van der Waals surface area (Å²) in [7, 11) is 0. The SMILES string of the molecule is Cc1nn(-c2ccccc2)c(N=C([O-])c2ccc(C(F)(F)F)cc2)c1[N+]#N. The number of rotatable bonds is 3. The first-order valence-electron chi connectivity index (χ1n) is 7.74. The highest BCUT2D eigenvalue weighted by atomic mass is 19.4. The van der Waals surface area contributed by atoms with E-state index >= 15 is 0 Å². The fraction of sp³-hybridized carbons (Fsp3) is 0.111. The average molecular weight is 371 g/mol. The third-order valence-electron chi connectivity index (χ3n) is 3.77. The highest BCUT2D eigenvalue weighted by Gasteiger charge is 2.30. The molecule has 0 aliphatic rings. The first kappa shape index (κ1) is 18.1. The maximum Gasteiger partial charge on any atom is 0.451 e. The van der Waals surface area contributed by atoms with Gasteiger partial charge in [0.15, 0.2) is 10.7 Å². The van der Waals surface area contributed by atoms with E-state index in [0.717, 1.165) is 24.3 Å². The van der Waals surface area contributed by atoms with Gasteiger partial charge in [-0.3, -0.25) is 0 Å². The van der Waals surface area contributed by atoms with Gasteiger partial charge in [-0.05, 0) is 42.7 Å². The molecule has 0 fully saturated rings. The highest BCUT2D eigenvalue weighted by Crippen LogP contribution is 2.34. The maximum absolute atomic E-state index is 12.6. The van der Waals surface area contributed by atoms with Crippen molar-refractivity contribution in [1.82, 2.24) is 9.78 Å². The summed E-state index contributed by atoms with van der Waals surface area (Å²) in [6.07, 6.45) is -4.50. The Kier molecular flexibility index (Phi) is 4.64. The smallest absolute Gasteiger partial charge is 0.451 e. The minimum atomic E-state index is -4.50. The van der Waals surface area contributed by atoms with Crippen molar-refractivity contribution >= 4 is 17.4 Å². The molecule has 0 radical (unpaired) electrons. The van der Waals surface area contributed by atoms with Gasteiger partial charge >= 0.3 is 11.9 Å². The number of nitrogens with zero attached hydrogens (tertiary/aromatic N) is 5. The van der Waals surface area contributed by atoms with Crippen molar-refractivity contribution in [2.24, 2.45) is 4.99 Å². The molecule has 0 saturated heterocycles. The molecule has 0 bridgehead atoms. The number of benzene rings is 2. The van der Waals surface area contributed by atoms with Gasteiger partial charge in [-0.25, -0.2) is 9.67 Å². The van der Waals surface area contributed by atoms with Crippen LogP contribution < -0.4 is 5.11 Å². The first-order valence-corrected chi connectivity index (χ1v) is 7.74. The Labute approximate surface area is 151 Å². The topological polar surface area (TPSA) is 81.4 Å². The molecule has 136 valence electrons.